The highest BCUT2D eigenvalue weighted by molar-refractivity contribution is 7.89. The Morgan fingerprint density at radius 1 is 1.52 bits per heavy atom. The molecule has 0 aromatic heterocycles. The smallest absolute Gasteiger partial charge is 0.243 e. The maximum Gasteiger partial charge on any atom is 0.243 e. The average molecular weight is 311 g/mol. The lowest BCUT2D eigenvalue weighted by molar-refractivity contribution is -0.123. The molecule has 1 aliphatic heterocycles. The Hall–Kier alpha value is -1.98. The molecule has 2 rings (SSSR count). The molecule has 6 nitrogen and oxygen atoms in total. The zero-order valence-corrected chi connectivity index (χ0v) is 12.2. The molecule has 8 heteroatoms. The van der Waals surface area contributed by atoms with Crippen LogP contribution in [0, 0.1) is 17.1 Å². The van der Waals surface area contributed by atoms with Crippen LogP contribution in [-0.4, -0.2) is 38.3 Å². The standard InChI is InChI=1S/C13H14FN3O3S/c1-16-13(18)12-3-2-6-17(12)21(19,20)10-4-5-11(14)9(7-10)8-15/h4-5,7,12H,2-3,6H2,1H3,(H,16,18). The first-order valence-corrected chi connectivity index (χ1v) is 7.79. The van der Waals surface area contributed by atoms with E-state index in [4.69, 9.17) is 5.26 Å². The Bertz CT molecular complexity index is 712. The van der Waals surface area contributed by atoms with Gasteiger partial charge in [-0.25, -0.2) is 12.8 Å². The Morgan fingerprint density at radius 2 is 2.24 bits per heavy atom. The maximum absolute atomic E-state index is 13.3. The Kier molecular flexibility index (Phi) is 4.25. The van der Waals surface area contributed by atoms with Crippen LogP contribution >= 0.6 is 0 Å². The van der Waals surface area contributed by atoms with Gasteiger partial charge in [-0.05, 0) is 31.0 Å². The minimum absolute atomic E-state index is 0.184. The number of sulfonamides is 1. The predicted molar refractivity (Wildman–Crippen MR) is 72.1 cm³/mol. The summed E-state index contributed by atoms with van der Waals surface area (Å²) in [6.07, 6.45) is 1.01. The van der Waals surface area contributed by atoms with Gasteiger partial charge in [0.05, 0.1) is 10.5 Å². The van der Waals surface area contributed by atoms with E-state index < -0.39 is 21.9 Å². The van der Waals surface area contributed by atoms with Crippen molar-refractivity contribution in [2.45, 2.75) is 23.8 Å². The topological polar surface area (TPSA) is 90.3 Å². The number of hydrogen-bond donors (Lipinski definition) is 1. The van der Waals surface area contributed by atoms with Gasteiger partial charge in [-0.1, -0.05) is 0 Å². The molecule has 1 heterocycles. The second-order valence-corrected chi connectivity index (χ2v) is 6.53. The SMILES string of the molecule is CNC(=O)C1CCCN1S(=O)(=O)c1ccc(F)c(C#N)c1. The van der Waals surface area contributed by atoms with E-state index in [-0.39, 0.29) is 22.9 Å². The van der Waals surface area contributed by atoms with Crippen LogP contribution in [0.2, 0.25) is 0 Å². The molecule has 1 atom stereocenters. The van der Waals surface area contributed by atoms with Gasteiger partial charge in [0, 0.05) is 13.6 Å². The van der Waals surface area contributed by atoms with Crippen LogP contribution in [-0.2, 0) is 14.8 Å². The number of amides is 1. The number of nitrogens with zero attached hydrogens (tertiary/aromatic N) is 2. The summed E-state index contributed by atoms with van der Waals surface area (Å²) in [6, 6.07) is 3.87. The van der Waals surface area contributed by atoms with E-state index >= 15 is 0 Å². The summed E-state index contributed by atoms with van der Waals surface area (Å²) in [5, 5.41) is 11.2. The van der Waals surface area contributed by atoms with Gasteiger partial charge >= 0.3 is 0 Å². The van der Waals surface area contributed by atoms with Crippen LogP contribution in [0.4, 0.5) is 4.39 Å². The van der Waals surface area contributed by atoms with Crippen molar-refractivity contribution in [1.82, 2.24) is 9.62 Å². The first-order valence-electron chi connectivity index (χ1n) is 6.35. The number of nitriles is 1. The largest absolute Gasteiger partial charge is 0.358 e. The van der Waals surface area contributed by atoms with E-state index in [9.17, 15) is 17.6 Å². The highest BCUT2D eigenvalue weighted by Crippen LogP contribution is 2.27. The quantitative estimate of drug-likeness (QED) is 0.885. The lowest BCUT2D eigenvalue weighted by Gasteiger charge is -2.22. The van der Waals surface area contributed by atoms with Crippen LogP contribution < -0.4 is 5.32 Å². The highest BCUT2D eigenvalue weighted by atomic mass is 32.2. The molecular formula is C13H14FN3O3S. The summed E-state index contributed by atoms with van der Waals surface area (Å²) in [5.74, 6) is -1.15. The fourth-order valence-electron chi connectivity index (χ4n) is 2.34. The molecule has 0 radical (unpaired) electrons. The van der Waals surface area contributed by atoms with Gasteiger partial charge in [0.25, 0.3) is 0 Å². The number of nitrogens with one attached hydrogen (secondary N) is 1. The normalized spacial score (nSPS) is 19.2. The highest BCUT2D eigenvalue weighted by Gasteiger charge is 2.39. The van der Waals surface area contributed by atoms with Crippen molar-refractivity contribution >= 4 is 15.9 Å². The number of halogens is 1. The van der Waals surface area contributed by atoms with Gasteiger partial charge in [-0.15, -0.1) is 0 Å². The summed E-state index contributed by atoms with van der Waals surface area (Å²) in [4.78, 5) is 11.6. The lowest BCUT2D eigenvalue weighted by atomic mass is 10.2. The number of carbonyl (C=O) groups is 1. The molecular weight excluding hydrogens is 297 g/mol. The third-order valence-corrected chi connectivity index (χ3v) is 5.32. The van der Waals surface area contributed by atoms with E-state index in [0.717, 1.165) is 22.5 Å². The molecule has 0 saturated carbocycles. The zero-order valence-electron chi connectivity index (χ0n) is 11.3. The van der Waals surface area contributed by atoms with Gasteiger partial charge in [0.1, 0.15) is 17.9 Å². The van der Waals surface area contributed by atoms with Crippen molar-refractivity contribution in [1.29, 1.82) is 5.26 Å². The number of benzene rings is 1. The van der Waals surface area contributed by atoms with Crippen LogP contribution in [0.15, 0.2) is 23.1 Å². The summed E-state index contributed by atoms with van der Waals surface area (Å²) in [5.41, 5.74) is -0.341. The van der Waals surface area contributed by atoms with Crippen molar-refractivity contribution in [3.8, 4) is 6.07 Å². The summed E-state index contributed by atoms with van der Waals surface area (Å²) >= 11 is 0. The molecule has 0 spiro atoms. The minimum Gasteiger partial charge on any atom is -0.358 e. The van der Waals surface area contributed by atoms with E-state index in [1.54, 1.807) is 6.07 Å². The van der Waals surface area contributed by atoms with E-state index in [1.807, 2.05) is 0 Å². The average Bonchev–Trinajstić information content (AvgIpc) is 2.97. The van der Waals surface area contributed by atoms with Crippen molar-refractivity contribution < 1.29 is 17.6 Å². The van der Waals surface area contributed by atoms with Gasteiger partial charge < -0.3 is 5.32 Å². The molecule has 1 fully saturated rings. The predicted octanol–water partition coefficient (Wildman–Crippen LogP) is 0.596. The zero-order chi connectivity index (χ0) is 15.6. The second-order valence-electron chi connectivity index (χ2n) is 4.64. The third-order valence-electron chi connectivity index (χ3n) is 3.42. The molecule has 21 heavy (non-hydrogen) atoms. The van der Waals surface area contributed by atoms with Gasteiger partial charge in [0.2, 0.25) is 15.9 Å². The van der Waals surface area contributed by atoms with Crippen LogP contribution in [0.1, 0.15) is 18.4 Å². The molecule has 1 N–H and O–H groups in total. The molecule has 1 saturated heterocycles. The molecule has 112 valence electrons. The second kappa shape index (κ2) is 5.79. The van der Waals surface area contributed by atoms with Crippen LogP contribution in [0.5, 0.6) is 0 Å². The van der Waals surface area contributed by atoms with E-state index in [2.05, 4.69) is 5.32 Å². The van der Waals surface area contributed by atoms with Crippen molar-refractivity contribution in [2.75, 3.05) is 13.6 Å². The van der Waals surface area contributed by atoms with Crippen molar-refractivity contribution in [3.63, 3.8) is 0 Å². The van der Waals surface area contributed by atoms with E-state index in [1.165, 1.54) is 7.05 Å². The number of hydrogen-bond acceptors (Lipinski definition) is 4. The van der Waals surface area contributed by atoms with Crippen LogP contribution in [0.25, 0.3) is 0 Å². The fourth-order valence-corrected chi connectivity index (χ4v) is 4.03. The number of likely N-dealkylation sites (N-methyl/N-ethyl adjacent to an activating group) is 1. The van der Waals surface area contributed by atoms with Gasteiger partial charge in [-0.2, -0.15) is 9.57 Å². The van der Waals surface area contributed by atoms with E-state index in [0.29, 0.717) is 12.8 Å². The summed E-state index contributed by atoms with van der Waals surface area (Å²) in [6.45, 7) is 0.222. The molecule has 1 amide bonds. The Morgan fingerprint density at radius 3 is 2.86 bits per heavy atom. The molecule has 0 bridgehead atoms. The number of rotatable bonds is 3. The van der Waals surface area contributed by atoms with Crippen molar-refractivity contribution in [3.05, 3.63) is 29.6 Å². The Balaban J connectivity index is 2.42. The maximum atomic E-state index is 13.3. The van der Waals surface area contributed by atoms with Crippen LogP contribution in [0.3, 0.4) is 0 Å². The molecule has 1 aromatic rings. The molecule has 1 unspecified atom stereocenters. The minimum atomic E-state index is -3.94. The summed E-state index contributed by atoms with van der Waals surface area (Å²) in [7, 11) is -2.50. The van der Waals surface area contributed by atoms with Gasteiger partial charge in [0.15, 0.2) is 0 Å². The van der Waals surface area contributed by atoms with Gasteiger partial charge in [-0.3, -0.25) is 4.79 Å². The molecule has 1 aromatic carbocycles. The van der Waals surface area contributed by atoms with Crippen molar-refractivity contribution in [2.24, 2.45) is 0 Å². The fraction of sp³-hybridized carbons (Fsp3) is 0.385. The number of carbonyl (C=O) groups excluding carboxylic acids is 1. The molecule has 0 aliphatic carbocycles. The summed E-state index contributed by atoms with van der Waals surface area (Å²) < 4.78 is 39.5. The monoisotopic (exact) mass is 311 g/mol. The molecule has 1 aliphatic rings. The lowest BCUT2D eigenvalue weighted by Crippen LogP contribution is -2.44. The third kappa shape index (κ3) is 2.75. The first kappa shape index (κ1) is 15.4. The Labute approximate surface area is 122 Å². The first-order chi connectivity index (χ1) is 9.91.